The zero-order valence-corrected chi connectivity index (χ0v) is 10.1. The van der Waals surface area contributed by atoms with Crippen molar-refractivity contribution in [3.63, 3.8) is 0 Å². The van der Waals surface area contributed by atoms with Crippen molar-refractivity contribution in [2.75, 3.05) is 0 Å². The molecule has 0 aromatic heterocycles. The van der Waals surface area contributed by atoms with E-state index in [1.807, 2.05) is 0 Å². The Balaban J connectivity index is -0.0000000600. The largest absolute Gasteiger partial charge is 0.870 e. The van der Waals surface area contributed by atoms with Crippen molar-refractivity contribution in [2.45, 2.75) is 30.9 Å². The van der Waals surface area contributed by atoms with Gasteiger partial charge >= 0.3 is 61.2 Å². The van der Waals surface area contributed by atoms with Crippen LogP contribution >= 0.6 is 0 Å². The first-order valence-electron chi connectivity index (χ1n) is 2.92. The standard InChI is InChI=1S/C6H13.Hf.3H2O/c1-4-5-6(2)3;;;;/h6H,1,4-5H2,2-3H3;;3*1H2/q;+3;;;/p-3. The molecule has 0 saturated carbocycles. The van der Waals surface area contributed by atoms with Crippen molar-refractivity contribution in [3.05, 3.63) is 0 Å². The van der Waals surface area contributed by atoms with Crippen LogP contribution in [-0.2, 0) is 24.4 Å². The summed E-state index contributed by atoms with van der Waals surface area (Å²) in [6.07, 6.45) is 2.90. The second-order valence-electron chi connectivity index (χ2n) is 2.29. The molecule has 0 aliphatic carbocycles. The molecule has 0 aliphatic rings. The molecular formula is C6H16HfO3. The molecule has 0 fully saturated rings. The summed E-state index contributed by atoms with van der Waals surface area (Å²) in [4.78, 5) is 0. The molecule has 10 heavy (non-hydrogen) atoms. The molecule has 0 aliphatic heterocycles. The molecule has 0 atom stereocenters. The Labute approximate surface area is 77.7 Å². The molecule has 0 saturated heterocycles. The first-order valence-corrected chi connectivity index (χ1v) is 5.46. The SMILES string of the molecule is CC(C)CC[CH2][Hf+3].[OH-].[OH-].[OH-]. The van der Waals surface area contributed by atoms with Gasteiger partial charge in [0.1, 0.15) is 0 Å². The van der Waals surface area contributed by atoms with Gasteiger partial charge in [-0.1, -0.05) is 0 Å². The van der Waals surface area contributed by atoms with Crippen LogP contribution in [0.1, 0.15) is 26.7 Å². The van der Waals surface area contributed by atoms with E-state index in [1.54, 1.807) is 0 Å². The average molecular weight is 315 g/mol. The smallest absolute Gasteiger partial charge is 0.870 e. The fraction of sp³-hybridized carbons (Fsp3) is 1.00. The zero-order valence-electron chi connectivity index (χ0n) is 6.54. The van der Waals surface area contributed by atoms with E-state index in [9.17, 15) is 0 Å². The molecule has 0 unspecified atom stereocenters. The first kappa shape index (κ1) is 22.4. The Kier molecular flexibility index (Phi) is 36.7. The fourth-order valence-electron chi connectivity index (χ4n) is 0.510. The molecule has 0 aromatic carbocycles. The van der Waals surface area contributed by atoms with Crippen LogP contribution in [0.5, 0.6) is 0 Å². The average Bonchev–Trinajstić information content (AvgIpc) is 1.61. The summed E-state index contributed by atoms with van der Waals surface area (Å²) < 4.78 is 1.48. The molecule has 3 N–H and O–H groups in total. The summed E-state index contributed by atoms with van der Waals surface area (Å²) in [6, 6.07) is 0. The minimum atomic E-state index is 0. The second kappa shape index (κ2) is 16.4. The van der Waals surface area contributed by atoms with Crippen molar-refractivity contribution in [3.8, 4) is 0 Å². The van der Waals surface area contributed by atoms with Crippen LogP contribution in [0.4, 0.5) is 0 Å². The molecule has 62 valence electrons. The molecule has 0 aromatic rings. The van der Waals surface area contributed by atoms with Gasteiger partial charge in [-0.15, -0.1) is 0 Å². The molecule has 0 amide bonds. The van der Waals surface area contributed by atoms with E-state index in [-0.39, 0.29) is 16.4 Å². The van der Waals surface area contributed by atoms with Gasteiger partial charge < -0.3 is 16.4 Å². The predicted molar refractivity (Wildman–Crippen MR) is 34.7 cm³/mol. The molecule has 0 spiro atoms. The number of hydrogen-bond acceptors (Lipinski definition) is 3. The van der Waals surface area contributed by atoms with Crippen molar-refractivity contribution in [1.29, 1.82) is 0 Å². The molecule has 0 heterocycles. The van der Waals surface area contributed by atoms with E-state index in [0.29, 0.717) is 0 Å². The summed E-state index contributed by atoms with van der Waals surface area (Å²) in [6.45, 7) is 4.58. The van der Waals surface area contributed by atoms with Gasteiger partial charge in [-0.2, -0.15) is 0 Å². The van der Waals surface area contributed by atoms with Gasteiger partial charge in [0.2, 0.25) is 0 Å². The third kappa shape index (κ3) is 23.3. The molecule has 0 rings (SSSR count). The molecule has 0 radical (unpaired) electrons. The molecular weight excluding hydrogens is 299 g/mol. The topological polar surface area (TPSA) is 90.0 Å². The monoisotopic (exact) mass is 316 g/mol. The first-order chi connectivity index (χ1) is 3.27. The summed E-state index contributed by atoms with van der Waals surface area (Å²) in [5, 5.41) is 0. The van der Waals surface area contributed by atoms with Crippen molar-refractivity contribution in [2.24, 2.45) is 5.92 Å². The Morgan fingerprint density at radius 2 is 1.50 bits per heavy atom. The second-order valence-corrected chi connectivity index (χ2v) is 4.08. The maximum atomic E-state index is 2.29. The van der Waals surface area contributed by atoms with Crippen LogP contribution in [0.3, 0.4) is 0 Å². The van der Waals surface area contributed by atoms with E-state index in [2.05, 4.69) is 13.8 Å². The summed E-state index contributed by atoms with van der Waals surface area (Å²) in [5.41, 5.74) is 0. The van der Waals surface area contributed by atoms with Gasteiger partial charge in [-0.05, 0) is 0 Å². The van der Waals surface area contributed by atoms with Gasteiger partial charge in [0.25, 0.3) is 0 Å². The van der Waals surface area contributed by atoms with Gasteiger partial charge in [0.05, 0.1) is 0 Å². The minimum Gasteiger partial charge on any atom is -0.870 e. The summed E-state index contributed by atoms with van der Waals surface area (Å²) >= 11 is 1.39. The van der Waals surface area contributed by atoms with Crippen LogP contribution in [0.15, 0.2) is 0 Å². The van der Waals surface area contributed by atoms with E-state index in [0.717, 1.165) is 5.92 Å². The quantitative estimate of drug-likeness (QED) is 0.744. The number of hydrogen-bond donors (Lipinski definition) is 0. The van der Waals surface area contributed by atoms with E-state index >= 15 is 0 Å². The van der Waals surface area contributed by atoms with Gasteiger partial charge in [-0.25, -0.2) is 0 Å². The Morgan fingerprint density at radius 3 is 1.60 bits per heavy atom. The van der Waals surface area contributed by atoms with Gasteiger partial charge in [0.15, 0.2) is 0 Å². The van der Waals surface area contributed by atoms with Crippen molar-refractivity contribution >= 4 is 0 Å². The van der Waals surface area contributed by atoms with Crippen LogP contribution in [-0.4, -0.2) is 16.4 Å². The van der Waals surface area contributed by atoms with E-state index in [1.165, 1.54) is 41.4 Å². The molecule has 0 bridgehead atoms. The third-order valence-corrected chi connectivity index (χ3v) is 2.23. The normalized spacial score (nSPS) is 7.30. The predicted octanol–water partition coefficient (Wildman–Crippen LogP) is 1.86. The fourth-order valence-corrected chi connectivity index (χ4v) is 1.24. The zero-order chi connectivity index (χ0) is 5.70. The van der Waals surface area contributed by atoms with Crippen LogP contribution in [0.2, 0.25) is 4.18 Å². The van der Waals surface area contributed by atoms with Crippen LogP contribution in [0, 0.1) is 5.92 Å². The van der Waals surface area contributed by atoms with Gasteiger partial charge in [0, 0.05) is 0 Å². The van der Waals surface area contributed by atoms with Gasteiger partial charge in [-0.3, -0.25) is 0 Å². The van der Waals surface area contributed by atoms with Crippen molar-refractivity contribution < 1.29 is 40.8 Å². The van der Waals surface area contributed by atoms with Crippen LogP contribution < -0.4 is 0 Å². The van der Waals surface area contributed by atoms with Crippen LogP contribution in [0.25, 0.3) is 0 Å². The molecule has 3 nitrogen and oxygen atoms in total. The summed E-state index contributed by atoms with van der Waals surface area (Å²) in [7, 11) is 0. The maximum Gasteiger partial charge on any atom is -0.870 e. The summed E-state index contributed by atoms with van der Waals surface area (Å²) in [5.74, 6) is 0.925. The third-order valence-electron chi connectivity index (χ3n) is 0.958. The Hall–Kier alpha value is 0.750. The minimum absolute atomic E-state index is 0. The van der Waals surface area contributed by atoms with E-state index < -0.39 is 0 Å². The Morgan fingerprint density at radius 1 is 1.10 bits per heavy atom. The van der Waals surface area contributed by atoms with Crippen molar-refractivity contribution in [1.82, 2.24) is 0 Å². The maximum absolute atomic E-state index is 2.29. The number of rotatable bonds is 3. The Bertz CT molecular complexity index is 42.0. The molecule has 4 heteroatoms. The van der Waals surface area contributed by atoms with E-state index in [4.69, 9.17) is 0 Å².